The van der Waals surface area contributed by atoms with Gasteiger partial charge in [-0.3, -0.25) is 4.99 Å². The zero-order valence-corrected chi connectivity index (χ0v) is 15.3. The van der Waals surface area contributed by atoms with Crippen LogP contribution >= 0.6 is 11.3 Å². The molecule has 4 nitrogen and oxygen atoms in total. The lowest BCUT2D eigenvalue weighted by molar-refractivity contribution is 0.372. The number of thiophene rings is 1. The Hall–Kier alpha value is -2.01. The fourth-order valence-electron chi connectivity index (χ4n) is 3.06. The third-order valence-corrected chi connectivity index (χ3v) is 5.47. The molecule has 2 heterocycles. The molecule has 0 aliphatic carbocycles. The fourth-order valence-corrected chi connectivity index (χ4v) is 3.85. The van der Waals surface area contributed by atoms with Gasteiger partial charge in [-0.05, 0) is 29.0 Å². The first-order valence-corrected chi connectivity index (χ1v) is 9.45. The molecule has 5 heteroatoms. The van der Waals surface area contributed by atoms with Crippen LogP contribution in [-0.4, -0.2) is 50.6 Å². The van der Waals surface area contributed by atoms with Gasteiger partial charge in [-0.25, -0.2) is 0 Å². The van der Waals surface area contributed by atoms with Crippen molar-refractivity contribution in [1.29, 1.82) is 0 Å². The fraction of sp³-hybridized carbons (Fsp3) is 0.421. The van der Waals surface area contributed by atoms with Crippen LogP contribution in [0.1, 0.15) is 18.4 Å². The van der Waals surface area contributed by atoms with Crippen LogP contribution in [0.15, 0.2) is 52.8 Å². The van der Waals surface area contributed by atoms with Gasteiger partial charge in [0.1, 0.15) is 0 Å². The second-order valence-electron chi connectivity index (χ2n) is 6.17. The van der Waals surface area contributed by atoms with Gasteiger partial charge in [0.15, 0.2) is 5.96 Å². The second-order valence-corrected chi connectivity index (χ2v) is 7.09. The summed E-state index contributed by atoms with van der Waals surface area (Å²) in [4.78, 5) is 9.30. The van der Waals surface area contributed by atoms with Gasteiger partial charge in [0.25, 0.3) is 0 Å². The lowest BCUT2D eigenvalue weighted by atomic mass is 10.0. The highest BCUT2D eigenvalue weighted by molar-refractivity contribution is 7.14. The minimum absolute atomic E-state index is 0.468. The normalized spacial score (nSPS) is 17.0. The molecule has 1 unspecified atom stereocenters. The predicted molar refractivity (Wildman–Crippen MR) is 104 cm³/mol. The summed E-state index contributed by atoms with van der Waals surface area (Å²) in [5, 5.41) is 7.06. The van der Waals surface area contributed by atoms with Crippen LogP contribution in [-0.2, 0) is 0 Å². The molecule has 1 aromatic carbocycles. The van der Waals surface area contributed by atoms with E-state index in [4.69, 9.17) is 0 Å². The third-order valence-electron chi connectivity index (χ3n) is 4.54. The van der Waals surface area contributed by atoms with Crippen LogP contribution in [0.25, 0.3) is 0 Å². The number of nitrogens with one attached hydrogen (secondary N) is 1. The lowest BCUT2D eigenvalue weighted by Gasteiger charge is -2.37. The Labute approximate surface area is 148 Å². The Morgan fingerprint density at radius 2 is 1.88 bits per heavy atom. The van der Waals surface area contributed by atoms with E-state index < -0.39 is 0 Å². The summed E-state index contributed by atoms with van der Waals surface area (Å²) in [7, 11) is 1.88. The first-order chi connectivity index (χ1) is 11.8. The summed E-state index contributed by atoms with van der Waals surface area (Å²) >= 11 is 1.82. The predicted octanol–water partition coefficient (Wildman–Crippen LogP) is 3.25. The van der Waals surface area contributed by atoms with Crippen LogP contribution in [0, 0.1) is 0 Å². The molecule has 1 aromatic heterocycles. The second kappa shape index (κ2) is 8.20. The number of rotatable bonds is 4. The van der Waals surface area contributed by atoms with Gasteiger partial charge < -0.3 is 15.1 Å². The van der Waals surface area contributed by atoms with Crippen molar-refractivity contribution in [3.63, 3.8) is 0 Å². The Kier molecular flexibility index (Phi) is 5.75. The SMILES string of the molecule is CN=C(NCC(C)c1ccccc1)N1CCN(c2cccs2)CC1. The number of benzene rings is 1. The number of nitrogens with zero attached hydrogens (tertiary/aromatic N) is 3. The summed E-state index contributed by atoms with van der Waals surface area (Å²) in [6.07, 6.45) is 0. The topological polar surface area (TPSA) is 30.9 Å². The van der Waals surface area contributed by atoms with Gasteiger partial charge in [-0.15, -0.1) is 11.3 Å². The molecule has 0 radical (unpaired) electrons. The van der Waals surface area contributed by atoms with Gasteiger partial charge in [0.05, 0.1) is 5.00 Å². The Morgan fingerprint density at radius 3 is 2.50 bits per heavy atom. The van der Waals surface area contributed by atoms with E-state index in [2.05, 4.69) is 74.9 Å². The third kappa shape index (κ3) is 4.09. The van der Waals surface area contributed by atoms with Gasteiger partial charge >= 0.3 is 0 Å². The monoisotopic (exact) mass is 342 g/mol. The molecule has 0 saturated carbocycles. The van der Waals surface area contributed by atoms with Crippen molar-refractivity contribution in [3.05, 3.63) is 53.4 Å². The van der Waals surface area contributed by atoms with E-state index in [-0.39, 0.29) is 0 Å². The number of aliphatic imine (C=N–C) groups is 1. The minimum atomic E-state index is 0.468. The standard InChI is InChI=1S/C19H26N4S/c1-16(17-7-4-3-5-8-17)15-21-19(20-2)23-12-10-22(11-13-23)18-9-6-14-24-18/h3-9,14,16H,10-13,15H2,1-2H3,(H,20,21). The van der Waals surface area contributed by atoms with E-state index in [0.29, 0.717) is 5.92 Å². The van der Waals surface area contributed by atoms with Crippen LogP contribution < -0.4 is 10.2 Å². The number of hydrogen-bond donors (Lipinski definition) is 1. The van der Waals surface area contributed by atoms with Gasteiger partial charge in [-0.2, -0.15) is 0 Å². The molecule has 0 spiro atoms. The first-order valence-electron chi connectivity index (χ1n) is 8.57. The Balaban J connectivity index is 1.50. The maximum atomic E-state index is 4.48. The highest BCUT2D eigenvalue weighted by Crippen LogP contribution is 2.22. The molecule has 3 rings (SSSR count). The highest BCUT2D eigenvalue weighted by Gasteiger charge is 2.20. The van der Waals surface area contributed by atoms with Crippen LogP contribution in [0.2, 0.25) is 0 Å². The van der Waals surface area contributed by atoms with E-state index in [0.717, 1.165) is 38.7 Å². The molecule has 1 aliphatic heterocycles. The maximum absolute atomic E-state index is 4.48. The zero-order chi connectivity index (χ0) is 16.8. The van der Waals surface area contributed by atoms with Crippen molar-refractivity contribution in [2.24, 2.45) is 4.99 Å². The number of anilines is 1. The molecule has 128 valence electrons. The summed E-state index contributed by atoms with van der Waals surface area (Å²) in [5.74, 6) is 1.49. The molecule has 0 bridgehead atoms. The quantitative estimate of drug-likeness (QED) is 0.683. The molecule has 1 saturated heterocycles. The van der Waals surface area contributed by atoms with Crippen LogP contribution in [0.4, 0.5) is 5.00 Å². The van der Waals surface area contributed by atoms with Crippen molar-refractivity contribution >= 4 is 22.3 Å². The zero-order valence-electron chi connectivity index (χ0n) is 14.5. The maximum Gasteiger partial charge on any atom is 0.193 e. The van der Waals surface area contributed by atoms with E-state index in [1.165, 1.54) is 10.6 Å². The lowest BCUT2D eigenvalue weighted by Crippen LogP contribution is -2.52. The van der Waals surface area contributed by atoms with Crippen LogP contribution in [0.3, 0.4) is 0 Å². The number of hydrogen-bond acceptors (Lipinski definition) is 3. The number of guanidine groups is 1. The van der Waals surface area contributed by atoms with Gasteiger partial charge in [0, 0.05) is 39.8 Å². The van der Waals surface area contributed by atoms with E-state index in [9.17, 15) is 0 Å². The summed E-state index contributed by atoms with van der Waals surface area (Å²) < 4.78 is 0. The smallest absolute Gasteiger partial charge is 0.193 e. The molecule has 1 fully saturated rings. The molecular weight excluding hydrogens is 316 g/mol. The van der Waals surface area contributed by atoms with Crippen molar-refractivity contribution in [1.82, 2.24) is 10.2 Å². The van der Waals surface area contributed by atoms with Gasteiger partial charge in [0.2, 0.25) is 0 Å². The number of piperazine rings is 1. The van der Waals surface area contributed by atoms with Crippen molar-refractivity contribution < 1.29 is 0 Å². The summed E-state index contributed by atoms with van der Waals surface area (Å²) in [6, 6.07) is 15.0. The Bertz CT molecular complexity index is 631. The summed E-state index contributed by atoms with van der Waals surface area (Å²) in [6.45, 7) is 7.28. The van der Waals surface area contributed by atoms with Crippen LogP contribution in [0.5, 0.6) is 0 Å². The first kappa shape index (κ1) is 16.8. The average molecular weight is 343 g/mol. The Morgan fingerprint density at radius 1 is 1.12 bits per heavy atom. The highest BCUT2D eigenvalue weighted by atomic mass is 32.1. The molecule has 2 aromatic rings. The van der Waals surface area contributed by atoms with Crippen molar-refractivity contribution in [3.8, 4) is 0 Å². The molecule has 0 amide bonds. The molecule has 24 heavy (non-hydrogen) atoms. The van der Waals surface area contributed by atoms with E-state index in [1.807, 2.05) is 18.4 Å². The molecular formula is C19H26N4S. The largest absolute Gasteiger partial charge is 0.360 e. The summed E-state index contributed by atoms with van der Waals surface area (Å²) in [5.41, 5.74) is 1.36. The molecule has 1 aliphatic rings. The van der Waals surface area contributed by atoms with E-state index >= 15 is 0 Å². The average Bonchev–Trinajstić information content (AvgIpc) is 3.18. The van der Waals surface area contributed by atoms with Gasteiger partial charge in [-0.1, -0.05) is 37.3 Å². The molecule has 1 atom stereocenters. The van der Waals surface area contributed by atoms with E-state index in [1.54, 1.807) is 0 Å². The minimum Gasteiger partial charge on any atom is -0.360 e. The van der Waals surface area contributed by atoms with Crippen molar-refractivity contribution in [2.45, 2.75) is 12.8 Å². The molecule has 1 N–H and O–H groups in total. The van der Waals surface area contributed by atoms with Crippen molar-refractivity contribution in [2.75, 3.05) is 44.7 Å².